The summed E-state index contributed by atoms with van der Waals surface area (Å²) in [6, 6.07) is 73.4. The monoisotopic (exact) mass is 821 g/mol. The zero-order chi connectivity index (χ0) is 42.2. The first-order valence-electron chi connectivity index (χ1n) is 21.4. The second-order valence-corrected chi connectivity index (χ2v) is 16.3. The van der Waals surface area contributed by atoms with Gasteiger partial charge in [0.1, 0.15) is 11.2 Å². The maximum atomic E-state index is 6.52. The molecule has 64 heavy (non-hydrogen) atoms. The predicted molar refractivity (Wildman–Crippen MR) is 253 cm³/mol. The molecule has 9 aromatic carbocycles. The third-order valence-electron chi connectivity index (χ3n) is 12.7. The quantitative estimate of drug-likeness (QED) is 0.166. The molecule has 13 rings (SSSR count). The Morgan fingerprint density at radius 3 is 1.50 bits per heavy atom. The van der Waals surface area contributed by atoms with Crippen LogP contribution in [0.25, 0.3) is 78.4 Å². The summed E-state index contributed by atoms with van der Waals surface area (Å²) in [5.41, 5.74) is 12.9. The first-order chi connectivity index (χ1) is 31.7. The molecule has 0 unspecified atom stereocenters. The summed E-state index contributed by atoms with van der Waals surface area (Å²) in [4.78, 5) is 15.5. The molecule has 6 heteroatoms. The predicted octanol–water partition coefficient (Wildman–Crippen LogP) is 14.7. The summed E-state index contributed by atoms with van der Waals surface area (Å²) in [6.45, 7) is 0. The first-order valence-corrected chi connectivity index (χ1v) is 21.4. The van der Waals surface area contributed by atoms with E-state index in [9.17, 15) is 0 Å². The molecule has 0 spiro atoms. The van der Waals surface area contributed by atoms with Gasteiger partial charge in [0.05, 0.1) is 5.41 Å². The Kier molecular flexibility index (Phi) is 8.02. The van der Waals surface area contributed by atoms with Crippen molar-refractivity contribution in [2.45, 2.75) is 5.41 Å². The van der Waals surface area contributed by atoms with Crippen LogP contribution in [0.15, 0.2) is 217 Å². The van der Waals surface area contributed by atoms with Crippen molar-refractivity contribution in [1.29, 1.82) is 0 Å². The average Bonchev–Trinajstić information content (AvgIpc) is 3.89. The lowest BCUT2D eigenvalue weighted by Crippen LogP contribution is -2.28. The normalized spacial score (nSPS) is 13.1. The topological polar surface area (TPSA) is 70.3 Å². The van der Waals surface area contributed by atoms with Crippen molar-refractivity contribution in [2.24, 2.45) is 0 Å². The van der Waals surface area contributed by atoms with E-state index in [0.29, 0.717) is 40.5 Å². The van der Waals surface area contributed by atoms with Crippen LogP contribution in [0.1, 0.15) is 22.3 Å². The largest absolute Gasteiger partial charge is 0.456 e. The van der Waals surface area contributed by atoms with Crippen molar-refractivity contribution in [3.8, 4) is 79.4 Å². The van der Waals surface area contributed by atoms with E-state index in [0.717, 1.165) is 60.9 Å². The van der Waals surface area contributed by atoms with Gasteiger partial charge in [-0.3, -0.25) is 0 Å². The van der Waals surface area contributed by atoms with Crippen molar-refractivity contribution in [2.75, 3.05) is 0 Å². The van der Waals surface area contributed by atoms with Gasteiger partial charge in [0.25, 0.3) is 0 Å². The number of ether oxygens (including phenoxy) is 2. The highest BCUT2D eigenvalue weighted by molar-refractivity contribution is 6.06. The number of furan rings is 1. The Labute approximate surface area is 368 Å². The second kappa shape index (κ2) is 14.2. The van der Waals surface area contributed by atoms with E-state index in [-0.39, 0.29) is 0 Å². The van der Waals surface area contributed by atoms with Gasteiger partial charge < -0.3 is 13.9 Å². The van der Waals surface area contributed by atoms with E-state index in [1.807, 2.05) is 66.7 Å². The molecule has 6 nitrogen and oxygen atoms in total. The molecule has 0 bridgehead atoms. The van der Waals surface area contributed by atoms with Crippen molar-refractivity contribution in [3.05, 3.63) is 235 Å². The molecule has 2 aliphatic rings. The fourth-order valence-electron chi connectivity index (χ4n) is 9.72. The van der Waals surface area contributed by atoms with E-state index >= 15 is 0 Å². The van der Waals surface area contributed by atoms with Gasteiger partial charge in [-0.15, -0.1) is 0 Å². The van der Waals surface area contributed by atoms with Gasteiger partial charge >= 0.3 is 0 Å². The van der Waals surface area contributed by atoms with Crippen LogP contribution in [0.2, 0.25) is 0 Å². The van der Waals surface area contributed by atoms with E-state index in [1.54, 1.807) is 0 Å². The highest BCUT2D eigenvalue weighted by atomic mass is 16.6. The van der Waals surface area contributed by atoms with Gasteiger partial charge in [-0.2, -0.15) is 0 Å². The minimum Gasteiger partial charge on any atom is -0.456 e. The zero-order valence-corrected chi connectivity index (χ0v) is 34.3. The standard InChI is InChI=1S/C58H35N3O3/c1-2-12-36(13-3-1)37-22-24-38(25-23-37)55-59-56(61-57(60-55)40-28-32-50-46(34-40)45-16-6-9-19-49(45)62-50)39-26-29-41(30-27-39)58(47-17-7-4-14-43(47)44-15-5-8-18-48(44)58)42-31-33-53-54(35-42)64-52-21-11-10-20-51(52)63-53/h1-35H. The van der Waals surface area contributed by atoms with Gasteiger partial charge in [0.15, 0.2) is 40.5 Å². The number of hydrogen-bond acceptors (Lipinski definition) is 6. The summed E-state index contributed by atoms with van der Waals surface area (Å²) < 4.78 is 19.0. The molecule has 0 fully saturated rings. The van der Waals surface area contributed by atoms with E-state index in [2.05, 4.69) is 146 Å². The number of fused-ring (bicyclic) bond motifs is 8. The highest BCUT2D eigenvalue weighted by Crippen LogP contribution is 2.58. The van der Waals surface area contributed by atoms with E-state index in [4.69, 9.17) is 28.8 Å². The van der Waals surface area contributed by atoms with Crippen LogP contribution in [-0.2, 0) is 5.41 Å². The third kappa shape index (κ3) is 5.63. The van der Waals surface area contributed by atoms with Gasteiger partial charge in [-0.25, -0.2) is 15.0 Å². The molecule has 0 amide bonds. The maximum Gasteiger partial charge on any atom is 0.170 e. The van der Waals surface area contributed by atoms with Crippen molar-refractivity contribution in [1.82, 2.24) is 15.0 Å². The Hall–Kier alpha value is -8.61. The Morgan fingerprint density at radius 2 is 0.797 bits per heavy atom. The van der Waals surface area contributed by atoms with E-state index in [1.165, 1.54) is 22.3 Å². The molecule has 3 heterocycles. The first kappa shape index (κ1) is 36.1. The number of para-hydroxylation sites is 3. The molecule has 11 aromatic rings. The Morgan fingerprint density at radius 1 is 0.312 bits per heavy atom. The van der Waals surface area contributed by atoms with Gasteiger partial charge in [0, 0.05) is 27.5 Å². The number of rotatable bonds is 6. The zero-order valence-electron chi connectivity index (χ0n) is 34.3. The van der Waals surface area contributed by atoms with Crippen molar-refractivity contribution in [3.63, 3.8) is 0 Å². The number of benzene rings is 9. The fraction of sp³-hybridized carbons (Fsp3) is 0.0172. The maximum absolute atomic E-state index is 6.52. The van der Waals surface area contributed by atoms with Crippen molar-refractivity contribution < 1.29 is 13.9 Å². The summed E-state index contributed by atoms with van der Waals surface area (Å²) in [5.74, 6) is 4.51. The van der Waals surface area contributed by atoms with Gasteiger partial charge in [-0.1, -0.05) is 164 Å². The second-order valence-electron chi connectivity index (χ2n) is 16.3. The molecule has 0 saturated carbocycles. The molecule has 0 atom stereocenters. The Bertz CT molecular complexity index is 3570. The molecule has 1 aliphatic carbocycles. The van der Waals surface area contributed by atoms with Crippen LogP contribution in [0.3, 0.4) is 0 Å². The minimum atomic E-state index is -0.667. The number of nitrogens with zero attached hydrogens (tertiary/aromatic N) is 3. The van der Waals surface area contributed by atoms with E-state index < -0.39 is 5.41 Å². The lowest BCUT2D eigenvalue weighted by molar-refractivity contribution is 0.359. The molecular weight excluding hydrogens is 787 g/mol. The lowest BCUT2D eigenvalue weighted by Gasteiger charge is -2.34. The molecule has 2 aromatic heterocycles. The van der Waals surface area contributed by atoms with Crippen LogP contribution in [0, 0.1) is 0 Å². The fourth-order valence-corrected chi connectivity index (χ4v) is 9.72. The summed E-state index contributed by atoms with van der Waals surface area (Å²) >= 11 is 0. The number of aromatic nitrogens is 3. The number of hydrogen-bond donors (Lipinski definition) is 0. The summed E-state index contributed by atoms with van der Waals surface area (Å²) in [5, 5.41) is 2.06. The van der Waals surface area contributed by atoms with Crippen LogP contribution in [-0.4, -0.2) is 15.0 Å². The van der Waals surface area contributed by atoms with Crippen LogP contribution in [0.4, 0.5) is 0 Å². The summed E-state index contributed by atoms with van der Waals surface area (Å²) in [7, 11) is 0. The van der Waals surface area contributed by atoms with Gasteiger partial charge in [0.2, 0.25) is 0 Å². The molecule has 0 N–H and O–H groups in total. The average molecular weight is 822 g/mol. The summed E-state index contributed by atoms with van der Waals surface area (Å²) in [6.07, 6.45) is 0. The molecular formula is C58H35N3O3. The SMILES string of the molecule is c1ccc(-c2ccc(-c3nc(-c4ccc(C5(c6ccc7c(c6)Oc6ccccc6O7)c6ccccc6-c6ccccc65)cc4)nc(-c4ccc5oc6ccccc6c5c4)n3)cc2)cc1. The van der Waals surface area contributed by atoms with Crippen LogP contribution < -0.4 is 9.47 Å². The molecule has 0 radical (unpaired) electrons. The highest BCUT2D eigenvalue weighted by Gasteiger charge is 2.46. The smallest absolute Gasteiger partial charge is 0.170 e. The minimum absolute atomic E-state index is 0.579. The third-order valence-corrected chi connectivity index (χ3v) is 12.7. The lowest BCUT2D eigenvalue weighted by atomic mass is 9.67. The molecule has 1 aliphatic heterocycles. The van der Waals surface area contributed by atoms with Crippen molar-refractivity contribution >= 4 is 21.9 Å². The van der Waals surface area contributed by atoms with Crippen LogP contribution in [0.5, 0.6) is 23.0 Å². The molecule has 0 saturated heterocycles. The van der Waals surface area contributed by atoms with Gasteiger partial charge in [-0.05, 0) is 93.0 Å². The Balaban J connectivity index is 0.965. The van der Waals surface area contributed by atoms with Crippen LogP contribution >= 0.6 is 0 Å². The molecule has 300 valence electrons.